The Morgan fingerprint density at radius 3 is 2.46 bits per heavy atom. The van der Waals surface area contributed by atoms with E-state index in [1.807, 2.05) is 49.6 Å². The van der Waals surface area contributed by atoms with Crippen LogP contribution in [-0.4, -0.2) is 67.6 Å². The van der Waals surface area contributed by atoms with Gasteiger partial charge in [-0.25, -0.2) is 15.0 Å². The third-order valence-corrected chi connectivity index (χ3v) is 4.58. The third-order valence-electron chi connectivity index (χ3n) is 4.58. The summed E-state index contributed by atoms with van der Waals surface area (Å²) in [5.74, 6) is 2.98. The fraction of sp³-hybridized carbons (Fsp3) is 0.450. The summed E-state index contributed by atoms with van der Waals surface area (Å²) in [6, 6.07) is 10.1. The zero-order valence-corrected chi connectivity index (χ0v) is 19.2. The van der Waals surface area contributed by atoms with Gasteiger partial charge in [0.2, 0.25) is 0 Å². The van der Waals surface area contributed by atoms with Gasteiger partial charge in [-0.1, -0.05) is 12.1 Å². The van der Waals surface area contributed by atoms with Gasteiger partial charge < -0.3 is 20.0 Å². The van der Waals surface area contributed by atoms with E-state index in [-0.39, 0.29) is 24.0 Å². The summed E-state index contributed by atoms with van der Waals surface area (Å²) in [7, 11) is 4.02. The van der Waals surface area contributed by atoms with Gasteiger partial charge in [-0.05, 0) is 25.1 Å². The molecule has 152 valence electrons. The van der Waals surface area contributed by atoms with Crippen LogP contribution in [0.25, 0.3) is 0 Å². The molecule has 2 aromatic rings. The van der Waals surface area contributed by atoms with Gasteiger partial charge in [0.05, 0.1) is 6.54 Å². The van der Waals surface area contributed by atoms with E-state index in [1.165, 1.54) is 0 Å². The van der Waals surface area contributed by atoms with E-state index < -0.39 is 0 Å². The lowest BCUT2D eigenvalue weighted by Gasteiger charge is -2.37. The molecule has 0 aliphatic carbocycles. The first-order valence-corrected chi connectivity index (χ1v) is 9.49. The van der Waals surface area contributed by atoms with Crippen LogP contribution in [-0.2, 0) is 6.54 Å². The minimum absolute atomic E-state index is 0. The fourth-order valence-corrected chi connectivity index (χ4v) is 3.23. The first-order chi connectivity index (χ1) is 13.2. The predicted octanol–water partition coefficient (Wildman–Crippen LogP) is 2.45. The Morgan fingerprint density at radius 1 is 1.07 bits per heavy atom. The van der Waals surface area contributed by atoms with Crippen molar-refractivity contribution in [1.82, 2.24) is 20.2 Å². The lowest BCUT2D eigenvalue weighted by molar-refractivity contribution is 0.371. The van der Waals surface area contributed by atoms with Crippen molar-refractivity contribution in [3.05, 3.63) is 48.3 Å². The Morgan fingerprint density at radius 2 is 1.82 bits per heavy atom. The number of piperazine rings is 1. The number of anilines is 2. The molecule has 7 nitrogen and oxygen atoms in total. The molecule has 1 saturated heterocycles. The summed E-state index contributed by atoms with van der Waals surface area (Å²) in [5, 5.41) is 3.43. The SMILES string of the molecule is CCNC(=NCc1cccnc1N(C)C)N1CCN(c2ccccn2)CC1.I. The fourth-order valence-electron chi connectivity index (χ4n) is 3.23. The maximum Gasteiger partial charge on any atom is 0.194 e. The second kappa shape index (κ2) is 11.0. The molecule has 0 unspecified atom stereocenters. The molecule has 0 atom stereocenters. The second-order valence-electron chi connectivity index (χ2n) is 6.71. The van der Waals surface area contributed by atoms with Crippen molar-refractivity contribution in [3.63, 3.8) is 0 Å². The Hall–Kier alpha value is -2.10. The van der Waals surface area contributed by atoms with E-state index in [1.54, 1.807) is 0 Å². The number of hydrogen-bond acceptors (Lipinski definition) is 5. The normalized spacial score (nSPS) is 14.5. The topological polar surface area (TPSA) is 59.9 Å². The van der Waals surface area contributed by atoms with Crippen molar-refractivity contribution < 1.29 is 0 Å². The molecule has 1 aliphatic heterocycles. The molecular formula is C20H30IN7. The van der Waals surface area contributed by atoms with Gasteiger partial charge in [-0.2, -0.15) is 0 Å². The lowest BCUT2D eigenvalue weighted by atomic mass is 10.2. The Balaban J connectivity index is 0.00000280. The van der Waals surface area contributed by atoms with Crippen LogP contribution in [0.15, 0.2) is 47.7 Å². The number of nitrogens with zero attached hydrogens (tertiary/aromatic N) is 6. The quantitative estimate of drug-likeness (QED) is 0.391. The maximum atomic E-state index is 4.88. The summed E-state index contributed by atoms with van der Waals surface area (Å²) < 4.78 is 0. The molecule has 0 radical (unpaired) electrons. The third kappa shape index (κ3) is 5.70. The predicted molar refractivity (Wildman–Crippen MR) is 127 cm³/mol. The minimum Gasteiger partial charge on any atom is -0.362 e. The van der Waals surface area contributed by atoms with Crippen LogP contribution in [0.3, 0.4) is 0 Å². The average molecular weight is 495 g/mol. The average Bonchev–Trinajstić information content (AvgIpc) is 2.72. The maximum absolute atomic E-state index is 4.88. The summed E-state index contributed by atoms with van der Waals surface area (Å²) in [6.45, 7) is 7.31. The van der Waals surface area contributed by atoms with Crippen molar-refractivity contribution >= 4 is 41.6 Å². The largest absolute Gasteiger partial charge is 0.362 e. The van der Waals surface area contributed by atoms with Crippen LogP contribution >= 0.6 is 24.0 Å². The molecule has 0 saturated carbocycles. The number of aromatic nitrogens is 2. The molecule has 3 heterocycles. The first kappa shape index (κ1) is 22.2. The molecule has 8 heteroatoms. The van der Waals surface area contributed by atoms with Gasteiger partial charge >= 0.3 is 0 Å². The number of halogens is 1. The zero-order valence-electron chi connectivity index (χ0n) is 16.9. The van der Waals surface area contributed by atoms with E-state index in [0.717, 1.165) is 55.9 Å². The van der Waals surface area contributed by atoms with Gasteiger partial charge in [0.1, 0.15) is 11.6 Å². The van der Waals surface area contributed by atoms with Gasteiger partial charge in [0.15, 0.2) is 5.96 Å². The number of nitrogens with one attached hydrogen (secondary N) is 1. The standard InChI is InChI=1S/C20H29N7.HI/c1-4-21-20(24-16-17-8-7-11-23-19(17)25(2)3)27-14-12-26(13-15-27)18-9-5-6-10-22-18;/h5-11H,4,12-16H2,1-3H3,(H,21,24);1H. The highest BCUT2D eigenvalue weighted by molar-refractivity contribution is 14.0. The van der Waals surface area contributed by atoms with Crippen LogP contribution in [0.1, 0.15) is 12.5 Å². The van der Waals surface area contributed by atoms with E-state index in [9.17, 15) is 0 Å². The first-order valence-electron chi connectivity index (χ1n) is 9.49. The summed E-state index contributed by atoms with van der Waals surface area (Å²) in [4.78, 5) is 20.5. The molecule has 1 aliphatic rings. The zero-order chi connectivity index (χ0) is 19.1. The van der Waals surface area contributed by atoms with Crippen molar-refractivity contribution in [1.29, 1.82) is 0 Å². The van der Waals surface area contributed by atoms with Crippen molar-refractivity contribution in [3.8, 4) is 0 Å². The van der Waals surface area contributed by atoms with Crippen LogP contribution in [0.4, 0.5) is 11.6 Å². The molecule has 0 aromatic carbocycles. The summed E-state index contributed by atoms with van der Waals surface area (Å²) in [5.41, 5.74) is 1.13. The molecule has 0 bridgehead atoms. The molecule has 1 N–H and O–H groups in total. The molecule has 1 fully saturated rings. The smallest absolute Gasteiger partial charge is 0.194 e. The van der Waals surface area contributed by atoms with Crippen molar-refractivity contribution in [2.24, 2.45) is 4.99 Å². The highest BCUT2D eigenvalue weighted by atomic mass is 127. The Labute approximate surface area is 184 Å². The van der Waals surface area contributed by atoms with Crippen LogP contribution < -0.4 is 15.1 Å². The lowest BCUT2D eigenvalue weighted by Crippen LogP contribution is -2.52. The molecule has 0 spiro atoms. The van der Waals surface area contributed by atoms with Crippen LogP contribution in [0.5, 0.6) is 0 Å². The second-order valence-corrected chi connectivity index (χ2v) is 6.71. The monoisotopic (exact) mass is 495 g/mol. The van der Waals surface area contributed by atoms with Crippen molar-refractivity contribution in [2.75, 3.05) is 56.6 Å². The van der Waals surface area contributed by atoms with E-state index in [0.29, 0.717) is 6.54 Å². The summed E-state index contributed by atoms with van der Waals surface area (Å²) in [6.07, 6.45) is 3.67. The van der Waals surface area contributed by atoms with E-state index >= 15 is 0 Å². The molecule has 0 amide bonds. The number of guanidine groups is 1. The van der Waals surface area contributed by atoms with E-state index in [2.05, 4.69) is 44.1 Å². The Kier molecular flexibility index (Phi) is 8.75. The molecule has 28 heavy (non-hydrogen) atoms. The molecular weight excluding hydrogens is 465 g/mol. The van der Waals surface area contributed by atoms with Gasteiger partial charge in [-0.15, -0.1) is 24.0 Å². The Bertz CT molecular complexity index is 743. The highest BCUT2D eigenvalue weighted by Gasteiger charge is 2.20. The van der Waals surface area contributed by atoms with Gasteiger partial charge in [0.25, 0.3) is 0 Å². The molecule has 3 rings (SSSR count). The number of hydrogen-bond donors (Lipinski definition) is 1. The van der Waals surface area contributed by atoms with Crippen LogP contribution in [0, 0.1) is 0 Å². The number of rotatable bonds is 5. The summed E-state index contributed by atoms with van der Waals surface area (Å²) >= 11 is 0. The van der Waals surface area contributed by atoms with Crippen LogP contribution in [0.2, 0.25) is 0 Å². The minimum atomic E-state index is 0. The van der Waals surface area contributed by atoms with E-state index in [4.69, 9.17) is 4.99 Å². The highest BCUT2D eigenvalue weighted by Crippen LogP contribution is 2.16. The van der Waals surface area contributed by atoms with Gasteiger partial charge in [-0.3, -0.25) is 0 Å². The number of pyridine rings is 2. The van der Waals surface area contributed by atoms with Gasteiger partial charge in [0, 0.05) is 64.8 Å². The van der Waals surface area contributed by atoms with Crippen molar-refractivity contribution in [2.45, 2.75) is 13.5 Å². The molecule has 2 aromatic heterocycles. The number of aliphatic imine (C=N–C) groups is 1.